The van der Waals surface area contributed by atoms with Gasteiger partial charge in [-0.05, 0) is 30.7 Å². The third-order valence-electron chi connectivity index (χ3n) is 2.61. The van der Waals surface area contributed by atoms with Gasteiger partial charge in [0.2, 0.25) is 0 Å². The fourth-order valence-electron chi connectivity index (χ4n) is 1.76. The summed E-state index contributed by atoms with van der Waals surface area (Å²) in [5, 5.41) is 0. The number of halogens is 3. The molecule has 2 rings (SSSR count). The van der Waals surface area contributed by atoms with Gasteiger partial charge < -0.3 is 10.5 Å². The van der Waals surface area contributed by atoms with Crippen LogP contribution in [0.25, 0.3) is 11.1 Å². The SMILES string of the molecule is Cc1cncc(-c2ccc(OCC(F)(F)F)cc2N)c1. The molecule has 2 aromatic rings. The minimum absolute atomic E-state index is 0.0872. The van der Waals surface area contributed by atoms with Gasteiger partial charge in [0.1, 0.15) is 5.75 Å². The third kappa shape index (κ3) is 3.63. The Kier molecular flexibility index (Phi) is 3.83. The molecule has 0 aliphatic carbocycles. The van der Waals surface area contributed by atoms with Gasteiger partial charge in [-0.3, -0.25) is 4.98 Å². The lowest BCUT2D eigenvalue weighted by Gasteiger charge is -2.11. The molecule has 106 valence electrons. The van der Waals surface area contributed by atoms with Crippen LogP contribution in [0.3, 0.4) is 0 Å². The highest BCUT2D eigenvalue weighted by atomic mass is 19.4. The molecule has 1 heterocycles. The highest BCUT2D eigenvalue weighted by molar-refractivity contribution is 5.77. The molecule has 1 aromatic carbocycles. The fourth-order valence-corrected chi connectivity index (χ4v) is 1.76. The van der Waals surface area contributed by atoms with Crippen molar-refractivity contribution in [1.82, 2.24) is 4.98 Å². The second-order valence-electron chi connectivity index (χ2n) is 4.40. The first kappa shape index (κ1) is 14.2. The van der Waals surface area contributed by atoms with Crippen LogP contribution in [0.4, 0.5) is 18.9 Å². The molecule has 0 aliphatic rings. The van der Waals surface area contributed by atoms with Gasteiger partial charge in [0.25, 0.3) is 0 Å². The number of aromatic nitrogens is 1. The molecule has 6 heteroatoms. The number of ether oxygens (including phenoxy) is 1. The van der Waals surface area contributed by atoms with Crippen LogP contribution < -0.4 is 10.5 Å². The molecule has 0 saturated carbocycles. The van der Waals surface area contributed by atoms with Gasteiger partial charge in [0, 0.05) is 35.3 Å². The van der Waals surface area contributed by atoms with Crippen molar-refractivity contribution in [2.75, 3.05) is 12.3 Å². The van der Waals surface area contributed by atoms with Gasteiger partial charge in [-0.25, -0.2) is 0 Å². The monoisotopic (exact) mass is 282 g/mol. The molecule has 0 aliphatic heterocycles. The van der Waals surface area contributed by atoms with Crippen LogP contribution >= 0.6 is 0 Å². The van der Waals surface area contributed by atoms with E-state index in [1.165, 1.54) is 12.1 Å². The van der Waals surface area contributed by atoms with Crippen LogP contribution in [-0.4, -0.2) is 17.8 Å². The summed E-state index contributed by atoms with van der Waals surface area (Å²) in [6, 6.07) is 6.36. The maximum Gasteiger partial charge on any atom is 0.422 e. The first-order chi connectivity index (χ1) is 9.35. The lowest BCUT2D eigenvalue weighted by atomic mass is 10.0. The van der Waals surface area contributed by atoms with E-state index in [1.54, 1.807) is 18.5 Å². The van der Waals surface area contributed by atoms with Crippen LogP contribution in [-0.2, 0) is 0 Å². The molecular formula is C14H13F3N2O. The van der Waals surface area contributed by atoms with Crippen LogP contribution in [0.2, 0.25) is 0 Å². The zero-order chi connectivity index (χ0) is 14.8. The van der Waals surface area contributed by atoms with Crippen LogP contribution in [0.1, 0.15) is 5.56 Å². The number of nitrogens with two attached hydrogens (primary N) is 1. The Bertz CT molecular complexity index is 612. The van der Waals surface area contributed by atoms with E-state index >= 15 is 0 Å². The Morgan fingerprint density at radius 1 is 1.20 bits per heavy atom. The van der Waals surface area contributed by atoms with E-state index in [1.807, 2.05) is 13.0 Å². The molecule has 20 heavy (non-hydrogen) atoms. The lowest BCUT2D eigenvalue weighted by Crippen LogP contribution is -2.19. The predicted octanol–water partition coefficient (Wildman–Crippen LogP) is 3.58. The molecule has 0 bridgehead atoms. The first-order valence-electron chi connectivity index (χ1n) is 5.86. The number of anilines is 1. The first-order valence-corrected chi connectivity index (χ1v) is 5.86. The Balaban J connectivity index is 2.22. The standard InChI is InChI=1S/C14H13F3N2O/c1-9-4-10(7-19-6-9)12-3-2-11(5-13(12)18)20-8-14(15,16)17/h2-7H,8,18H2,1H3. The second kappa shape index (κ2) is 5.40. The number of nitrogens with zero attached hydrogens (tertiary/aromatic N) is 1. The van der Waals surface area contributed by atoms with Gasteiger partial charge in [-0.15, -0.1) is 0 Å². The van der Waals surface area contributed by atoms with E-state index in [0.717, 1.165) is 11.1 Å². The maximum absolute atomic E-state index is 12.1. The van der Waals surface area contributed by atoms with Crippen molar-refractivity contribution in [2.45, 2.75) is 13.1 Å². The van der Waals surface area contributed by atoms with Gasteiger partial charge in [-0.2, -0.15) is 13.2 Å². The number of pyridine rings is 1. The Hall–Kier alpha value is -2.24. The van der Waals surface area contributed by atoms with Crippen molar-refractivity contribution in [3.05, 3.63) is 42.2 Å². The summed E-state index contributed by atoms with van der Waals surface area (Å²) in [4.78, 5) is 4.06. The van der Waals surface area contributed by atoms with Gasteiger partial charge >= 0.3 is 6.18 Å². The normalized spacial score (nSPS) is 11.4. The summed E-state index contributed by atoms with van der Waals surface area (Å²) in [5.41, 5.74) is 8.69. The summed E-state index contributed by atoms with van der Waals surface area (Å²) < 4.78 is 40.8. The Morgan fingerprint density at radius 2 is 1.95 bits per heavy atom. The molecule has 0 unspecified atom stereocenters. The van der Waals surface area contributed by atoms with E-state index in [-0.39, 0.29) is 5.75 Å². The molecule has 0 amide bonds. The molecule has 1 aromatic heterocycles. The summed E-state index contributed by atoms with van der Waals surface area (Å²) in [7, 11) is 0. The number of aryl methyl sites for hydroxylation is 1. The average Bonchev–Trinajstić information content (AvgIpc) is 2.35. The van der Waals surface area contributed by atoms with Crippen molar-refractivity contribution in [1.29, 1.82) is 0 Å². The van der Waals surface area contributed by atoms with Crippen molar-refractivity contribution in [2.24, 2.45) is 0 Å². The zero-order valence-electron chi connectivity index (χ0n) is 10.7. The zero-order valence-corrected chi connectivity index (χ0v) is 10.7. The molecular weight excluding hydrogens is 269 g/mol. The molecule has 0 saturated heterocycles. The maximum atomic E-state index is 12.1. The second-order valence-corrected chi connectivity index (χ2v) is 4.40. The smallest absolute Gasteiger partial charge is 0.422 e. The van der Waals surface area contributed by atoms with Crippen molar-refractivity contribution in [3.8, 4) is 16.9 Å². The average molecular weight is 282 g/mol. The largest absolute Gasteiger partial charge is 0.484 e. The Labute approximate surface area is 114 Å². The van der Waals surface area contributed by atoms with Gasteiger partial charge in [0.15, 0.2) is 6.61 Å². The summed E-state index contributed by atoms with van der Waals surface area (Å²) in [6.45, 7) is 0.561. The van der Waals surface area contributed by atoms with Gasteiger partial charge in [0.05, 0.1) is 0 Å². The third-order valence-corrected chi connectivity index (χ3v) is 2.61. The Morgan fingerprint density at radius 3 is 2.55 bits per heavy atom. The van der Waals surface area contributed by atoms with Crippen LogP contribution in [0.5, 0.6) is 5.75 Å². The highest BCUT2D eigenvalue weighted by Gasteiger charge is 2.28. The molecule has 0 radical (unpaired) electrons. The van der Waals surface area contributed by atoms with E-state index in [9.17, 15) is 13.2 Å². The fraction of sp³-hybridized carbons (Fsp3) is 0.214. The minimum atomic E-state index is -4.37. The summed E-state index contributed by atoms with van der Waals surface area (Å²) in [5.74, 6) is 0.0872. The predicted molar refractivity (Wildman–Crippen MR) is 70.4 cm³/mol. The number of benzene rings is 1. The molecule has 0 spiro atoms. The van der Waals surface area contributed by atoms with E-state index < -0.39 is 12.8 Å². The number of hydrogen-bond acceptors (Lipinski definition) is 3. The lowest BCUT2D eigenvalue weighted by molar-refractivity contribution is -0.153. The minimum Gasteiger partial charge on any atom is -0.484 e. The van der Waals surface area contributed by atoms with Crippen molar-refractivity contribution >= 4 is 5.69 Å². The summed E-state index contributed by atoms with van der Waals surface area (Å²) in [6.07, 6.45) is -1.01. The van der Waals surface area contributed by atoms with Gasteiger partial charge in [-0.1, -0.05) is 0 Å². The van der Waals surface area contributed by atoms with E-state index in [4.69, 9.17) is 5.73 Å². The topological polar surface area (TPSA) is 48.1 Å². The van der Waals surface area contributed by atoms with Crippen LogP contribution in [0, 0.1) is 6.92 Å². The molecule has 0 atom stereocenters. The summed E-state index contributed by atoms with van der Waals surface area (Å²) >= 11 is 0. The van der Waals surface area contributed by atoms with E-state index in [0.29, 0.717) is 11.3 Å². The number of rotatable bonds is 3. The highest BCUT2D eigenvalue weighted by Crippen LogP contribution is 2.30. The molecule has 2 N–H and O–H groups in total. The van der Waals surface area contributed by atoms with Crippen LogP contribution in [0.15, 0.2) is 36.7 Å². The van der Waals surface area contributed by atoms with E-state index in [2.05, 4.69) is 9.72 Å². The van der Waals surface area contributed by atoms with Crippen molar-refractivity contribution < 1.29 is 17.9 Å². The molecule has 0 fully saturated rings. The number of nitrogen functional groups attached to an aromatic ring is 1. The number of alkyl halides is 3. The number of hydrogen-bond donors (Lipinski definition) is 1. The molecule has 3 nitrogen and oxygen atoms in total. The quantitative estimate of drug-likeness (QED) is 0.875. The van der Waals surface area contributed by atoms with Crippen molar-refractivity contribution in [3.63, 3.8) is 0 Å².